The molecule has 0 fully saturated rings. The Bertz CT molecular complexity index is 748. The fourth-order valence-corrected chi connectivity index (χ4v) is 2.45. The standard InChI is InChI=1S/C11H9Cl2N3O2S/c1-6-2-3-7(19(13,17)18)4-8(6)9-5-15-11(14)10(12)16-9/h2-5H,1H3,(H2,14,15). The van der Waals surface area contributed by atoms with E-state index in [1.807, 2.05) is 6.92 Å². The molecule has 1 aromatic heterocycles. The largest absolute Gasteiger partial charge is 0.381 e. The number of halogens is 2. The van der Waals surface area contributed by atoms with Gasteiger partial charge in [0.25, 0.3) is 9.05 Å². The lowest BCUT2D eigenvalue weighted by atomic mass is 10.1. The first-order chi connectivity index (χ1) is 8.79. The van der Waals surface area contributed by atoms with E-state index in [0.29, 0.717) is 11.3 Å². The van der Waals surface area contributed by atoms with Crippen LogP contribution in [0.1, 0.15) is 5.56 Å². The average Bonchev–Trinajstić information content (AvgIpc) is 2.32. The molecular weight excluding hydrogens is 309 g/mol. The first kappa shape index (κ1) is 14.0. The molecule has 2 aromatic rings. The van der Waals surface area contributed by atoms with Crippen molar-refractivity contribution >= 4 is 37.2 Å². The Morgan fingerprint density at radius 3 is 2.58 bits per heavy atom. The summed E-state index contributed by atoms with van der Waals surface area (Å²) in [6.45, 7) is 1.81. The van der Waals surface area contributed by atoms with Crippen LogP contribution in [0.3, 0.4) is 0 Å². The van der Waals surface area contributed by atoms with Gasteiger partial charge < -0.3 is 5.73 Å². The quantitative estimate of drug-likeness (QED) is 0.860. The third-order valence-electron chi connectivity index (χ3n) is 2.52. The maximum atomic E-state index is 11.3. The van der Waals surface area contributed by atoms with E-state index in [1.54, 1.807) is 6.07 Å². The van der Waals surface area contributed by atoms with Crippen LogP contribution < -0.4 is 5.73 Å². The van der Waals surface area contributed by atoms with Crippen LogP contribution in [-0.4, -0.2) is 18.4 Å². The van der Waals surface area contributed by atoms with Crippen LogP contribution in [0.25, 0.3) is 11.3 Å². The van der Waals surface area contributed by atoms with Crippen molar-refractivity contribution in [3.8, 4) is 11.3 Å². The predicted molar refractivity (Wildman–Crippen MR) is 74.7 cm³/mol. The molecule has 1 heterocycles. The maximum absolute atomic E-state index is 11.3. The molecule has 5 nitrogen and oxygen atoms in total. The summed E-state index contributed by atoms with van der Waals surface area (Å²) in [6, 6.07) is 4.48. The van der Waals surface area contributed by atoms with Crippen molar-refractivity contribution in [3.63, 3.8) is 0 Å². The van der Waals surface area contributed by atoms with Crippen molar-refractivity contribution in [1.29, 1.82) is 0 Å². The summed E-state index contributed by atoms with van der Waals surface area (Å²) in [6.07, 6.45) is 1.42. The van der Waals surface area contributed by atoms with Gasteiger partial charge in [-0.2, -0.15) is 0 Å². The van der Waals surface area contributed by atoms with Crippen molar-refractivity contribution in [2.24, 2.45) is 0 Å². The Kier molecular flexibility index (Phi) is 3.66. The fraction of sp³-hybridized carbons (Fsp3) is 0.0909. The molecule has 19 heavy (non-hydrogen) atoms. The summed E-state index contributed by atoms with van der Waals surface area (Å²) < 4.78 is 22.7. The van der Waals surface area contributed by atoms with Crippen molar-refractivity contribution in [2.45, 2.75) is 11.8 Å². The lowest BCUT2D eigenvalue weighted by molar-refractivity contribution is 0.609. The van der Waals surface area contributed by atoms with Crippen molar-refractivity contribution in [2.75, 3.05) is 5.73 Å². The molecule has 0 atom stereocenters. The molecule has 0 bridgehead atoms. The van der Waals surface area contributed by atoms with Crippen LogP contribution in [-0.2, 0) is 9.05 Å². The number of aromatic nitrogens is 2. The summed E-state index contributed by atoms with van der Waals surface area (Å²) in [5.74, 6) is 0.115. The van der Waals surface area contributed by atoms with Gasteiger partial charge >= 0.3 is 0 Å². The van der Waals surface area contributed by atoms with E-state index >= 15 is 0 Å². The van der Waals surface area contributed by atoms with E-state index in [0.717, 1.165) is 5.56 Å². The zero-order valence-corrected chi connectivity index (χ0v) is 12.1. The van der Waals surface area contributed by atoms with E-state index in [9.17, 15) is 8.42 Å². The maximum Gasteiger partial charge on any atom is 0.261 e. The Labute approximate surface area is 119 Å². The number of nitrogens with two attached hydrogens (primary N) is 1. The first-order valence-electron chi connectivity index (χ1n) is 5.13. The molecule has 0 aliphatic carbocycles. The zero-order valence-electron chi connectivity index (χ0n) is 9.76. The van der Waals surface area contributed by atoms with Crippen LogP contribution in [0, 0.1) is 6.92 Å². The third-order valence-corrected chi connectivity index (χ3v) is 4.15. The van der Waals surface area contributed by atoms with Crippen molar-refractivity contribution < 1.29 is 8.42 Å². The van der Waals surface area contributed by atoms with E-state index in [2.05, 4.69) is 9.97 Å². The fourth-order valence-electron chi connectivity index (χ4n) is 1.53. The number of hydrogen-bond donors (Lipinski definition) is 1. The molecule has 1 aromatic carbocycles. The monoisotopic (exact) mass is 317 g/mol. The van der Waals surface area contributed by atoms with E-state index in [4.69, 9.17) is 28.0 Å². The molecule has 0 radical (unpaired) electrons. The van der Waals surface area contributed by atoms with E-state index in [1.165, 1.54) is 18.3 Å². The molecular formula is C11H9Cl2N3O2S. The summed E-state index contributed by atoms with van der Waals surface area (Å²) in [5.41, 5.74) is 7.31. The summed E-state index contributed by atoms with van der Waals surface area (Å²) in [7, 11) is 1.51. The average molecular weight is 318 g/mol. The Morgan fingerprint density at radius 2 is 2.00 bits per heavy atom. The Hall–Kier alpha value is -1.37. The van der Waals surface area contributed by atoms with Crippen LogP contribution in [0.4, 0.5) is 5.82 Å². The summed E-state index contributed by atoms with van der Waals surface area (Å²) >= 11 is 5.80. The molecule has 0 saturated carbocycles. The van der Waals surface area contributed by atoms with Gasteiger partial charge in [-0.3, -0.25) is 0 Å². The number of anilines is 1. The lowest BCUT2D eigenvalue weighted by Crippen LogP contribution is -1.98. The smallest absolute Gasteiger partial charge is 0.261 e. The second kappa shape index (κ2) is 4.96. The van der Waals surface area contributed by atoms with Crippen molar-refractivity contribution in [1.82, 2.24) is 9.97 Å². The number of benzene rings is 1. The van der Waals surface area contributed by atoms with Crippen molar-refractivity contribution in [3.05, 3.63) is 35.1 Å². The number of nitrogen functional groups attached to an aromatic ring is 1. The molecule has 0 unspecified atom stereocenters. The Balaban J connectivity index is 2.64. The highest BCUT2D eigenvalue weighted by Gasteiger charge is 2.14. The van der Waals surface area contributed by atoms with Gasteiger partial charge in [0.05, 0.1) is 16.8 Å². The first-order valence-corrected chi connectivity index (χ1v) is 7.81. The molecule has 0 aliphatic rings. The summed E-state index contributed by atoms with van der Waals surface area (Å²) in [5, 5.41) is 0.0658. The van der Waals surface area contributed by atoms with Crippen LogP contribution >= 0.6 is 22.3 Å². The van der Waals surface area contributed by atoms with E-state index in [-0.39, 0.29) is 15.9 Å². The topological polar surface area (TPSA) is 85.9 Å². The third kappa shape index (κ3) is 2.97. The molecule has 100 valence electrons. The molecule has 2 N–H and O–H groups in total. The van der Waals surface area contributed by atoms with Gasteiger partial charge in [-0.25, -0.2) is 18.4 Å². The predicted octanol–water partition coefficient (Wildman–Crippen LogP) is 2.62. The molecule has 8 heteroatoms. The Morgan fingerprint density at radius 1 is 1.32 bits per heavy atom. The molecule has 0 saturated heterocycles. The summed E-state index contributed by atoms with van der Waals surface area (Å²) in [4.78, 5) is 7.95. The normalized spacial score (nSPS) is 11.5. The zero-order chi connectivity index (χ0) is 14.2. The molecule has 0 spiro atoms. The van der Waals surface area contributed by atoms with Gasteiger partial charge in [0, 0.05) is 16.2 Å². The number of hydrogen-bond acceptors (Lipinski definition) is 5. The van der Waals surface area contributed by atoms with Gasteiger partial charge in [-0.1, -0.05) is 17.7 Å². The highest BCUT2D eigenvalue weighted by atomic mass is 35.7. The second-order valence-electron chi connectivity index (χ2n) is 3.85. The van der Waals surface area contributed by atoms with Gasteiger partial charge in [-0.05, 0) is 24.6 Å². The van der Waals surface area contributed by atoms with Gasteiger partial charge in [-0.15, -0.1) is 0 Å². The minimum absolute atomic E-state index is 0.00971. The molecule has 2 rings (SSSR count). The minimum atomic E-state index is -3.80. The number of aryl methyl sites for hydroxylation is 1. The van der Waals surface area contributed by atoms with Gasteiger partial charge in [0.1, 0.15) is 0 Å². The SMILES string of the molecule is Cc1ccc(S(=O)(=O)Cl)cc1-c1cnc(N)c(Cl)n1. The number of rotatable bonds is 2. The molecule has 0 aliphatic heterocycles. The van der Waals surface area contributed by atoms with Crippen LogP contribution in [0.5, 0.6) is 0 Å². The highest BCUT2D eigenvalue weighted by molar-refractivity contribution is 8.13. The van der Waals surface area contributed by atoms with Crippen LogP contribution in [0.15, 0.2) is 29.3 Å². The number of nitrogens with zero attached hydrogens (tertiary/aromatic N) is 2. The van der Waals surface area contributed by atoms with Gasteiger partial charge in [0.2, 0.25) is 0 Å². The van der Waals surface area contributed by atoms with Crippen LogP contribution in [0.2, 0.25) is 5.15 Å². The van der Waals surface area contributed by atoms with E-state index < -0.39 is 9.05 Å². The minimum Gasteiger partial charge on any atom is -0.381 e. The lowest BCUT2D eigenvalue weighted by Gasteiger charge is -2.07. The second-order valence-corrected chi connectivity index (χ2v) is 6.77. The van der Waals surface area contributed by atoms with Gasteiger partial charge in [0.15, 0.2) is 11.0 Å². The molecule has 0 amide bonds. The highest BCUT2D eigenvalue weighted by Crippen LogP contribution is 2.27.